The van der Waals surface area contributed by atoms with Gasteiger partial charge in [0, 0.05) is 18.7 Å². The number of methoxy groups -OCH3 is 1. The molecule has 3 aromatic carbocycles. The van der Waals surface area contributed by atoms with Crippen LogP contribution in [0, 0.1) is 0 Å². The van der Waals surface area contributed by atoms with E-state index in [1.807, 2.05) is 79.7 Å². The zero-order chi connectivity index (χ0) is 23.8. The summed E-state index contributed by atoms with van der Waals surface area (Å²) in [6, 6.07) is 28.0. The standard InChI is InChI=1S/C27H28N4O2S/c1-20(26(32)28-19-22-11-7-4-8-12-22)34-27-30-29-25(23-13-15-24(33-2)16-14-23)31(27)18-17-21-9-5-3-6-10-21/h3-16,20H,17-19H2,1-2H3,(H,28,32). The normalized spacial score (nSPS) is 11.7. The van der Waals surface area contributed by atoms with Gasteiger partial charge in [0.1, 0.15) is 5.75 Å². The van der Waals surface area contributed by atoms with Crippen LogP contribution in [0.25, 0.3) is 11.4 Å². The zero-order valence-corrected chi connectivity index (χ0v) is 20.2. The summed E-state index contributed by atoms with van der Waals surface area (Å²) in [7, 11) is 1.65. The number of rotatable bonds is 10. The van der Waals surface area contributed by atoms with E-state index in [1.54, 1.807) is 7.11 Å². The highest BCUT2D eigenvalue weighted by molar-refractivity contribution is 8.00. The van der Waals surface area contributed by atoms with Crippen LogP contribution >= 0.6 is 11.8 Å². The van der Waals surface area contributed by atoms with Crippen molar-refractivity contribution >= 4 is 17.7 Å². The molecule has 0 aliphatic heterocycles. The second kappa shape index (κ2) is 11.5. The zero-order valence-electron chi connectivity index (χ0n) is 19.3. The van der Waals surface area contributed by atoms with Gasteiger partial charge in [-0.3, -0.25) is 4.79 Å². The Morgan fingerprint density at radius 3 is 2.24 bits per heavy atom. The highest BCUT2D eigenvalue weighted by Crippen LogP contribution is 2.28. The summed E-state index contributed by atoms with van der Waals surface area (Å²) < 4.78 is 7.39. The van der Waals surface area contributed by atoms with Crippen molar-refractivity contribution < 1.29 is 9.53 Å². The lowest BCUT2D eigenvalue weighted by atomic mass is 10.1. The second-order valence-electron chi connectivity index (χ2n) is 7.89. The fraction of sp³-hybridized carbons (Fsp3) is 0.222. The van der Waals surface area contributed by atoms with Crippen molar-refractivity contribution in [3.05, 3.63) is 96.1 Å². The third kappa shape index (κ3) is 6.05. The van der Waals surface area contributed by atoms with Crippen molar-refractivity contribution in [2.45, 2.75) is 36.8 Å². The molecule has 0 saturated carbocycles. The summed E-state index contributed by atoms with van der Waals surface area (Å²) in [4.78, 5) is 12.8. The molecule has 0 spiro atoms. The first-order valence-electron chi connectivity index (χ1n) is 11.2. The van der Waals surface area contributed by atoms with E-state index < -0.39 is 0 Å². The van der Waals surface area contributed by atoms with Crippen LogP contribution in [0.5, 0.6) is 5.75 Å². The number of aromatic nitrogens is 3. The summed E-state index contributed by atoms with van der Waals surface area (Å²) in [6.07, 6.45) is 0.837. The van der Waals surface area contributed by atoms with Crippen LogP contribution in [-0.4, -0.2) is 33.0 Å². The lowest BCUT2D eigenvalue weighted by Gasteiger charge is -2.14. The van der Waals surface area contributed by atoms with E-state index in [9.17, 15) is 4.79 Å². The molecule has 0 aliphatic rings. The molecule has 0 bridgehead atoms. The maximum absolute atomic E-state index is 12.8. The summed E-state index contributed by atoms with van der Waals surface area (Å²) in [6.45, 7) is 3.11. The monoisotopic (exact) mass is 472 g/mol. The lowest BCUT2D eigenvalue weighted by Crippen LogP contribution is -2.30. The van der Waals surface area contributed by atoms with Gasteiger partial charge in [-0.2, -0.15) is 0 Å². The van der Waals surface area contributed by atoms with Crippen LogP contribution in [0.15, 0.2) is 90.1 Å². The fourth-order valence-corrected chi connectivity index (χ4v) is 4.46. The minimum atomic E-state index is -0.313. The number of amides is 1. The van der Waals surface area contributed by atoms with Gasteiger partial charge in [-0.25, -0.2) is 0 Å². The fourth-order valence-electron chi connectivity index (χ4n) is 3.56. The van der Waals surface area contributed by atoms with E-state index in [1.165, 1.54) is 17.3 Å². The number of aryl methyl sites for hydroxylation is 1. The molecule has 174 valence electrons. The van der Waals surface area contributed by atoms with Gasteiger partial charge in [-0.05, 0) is 48.7 Å². The minimum absolute atomic E-state index is 0.0301. The first-order valence-corrected chi connectivity index (χ1v) is 12.1. The van der Waals surface area contributed by atoms with Crippen molar-refractivity contribution in [3.63, 3.8) is 0 Å². The molecular formula is C27H28N4O2S. The molecular weight excluding hydrogens is 444 g/mol. The average molecular weight is 473 g/mol. The van der Waals surface area contributed by atoms with E-state index >= 15 is 0 Å². The topological polar surface area (TPSA) is 69.0 Å². The molecule has 0 saturated heterocycles. The Morgan fingerprint density at radius 2 is 1.59 bits per heavy atom. The van der Waals surface area contributed by atoms with E-state index in [4.69, 9.17) is 4.74 Å². The van der Waals surface area contributed by atoms with Crippen LogP contribution in [0.4, 0.5) is 0 Å². The Balaban J connectivity index is 1.51. The first kappa shape index (κ1) is 23.6. The maximum Gasteiger partial charge on any atom is 0.233 e. The van der Waals surface area contributed by atoms with E-state index in [-0.39, 0.29) is 11.2 Å². The number of carbonyl (C=O) groups excluding carboxylic acids is 1. The number of benzene rings is 3. The summed E-state index contributed by atoms with van der Waals surface area (Å²) in [5.41, 5.74) is 3.26. The Hall–Kier alpha value is -3.58. The Labute approximate surface area is 204 Å². The molecule has 4 rings (SSSR count). The second-order valence-corrected chi connectivity index (χ2v) is 9.19. The van der Waals surface area contributed by atoms with E-state index in [2.05, 4.69) is 32.2 Å². The van der Waals surface area contributed by atoms with Crippen LogP contribution < -0.4 is 10.1 Å². The van der Waals surface area contributed by atoms with Gasteiger partial charge in [0.25, 0.3) is 0 Å². The van der Waals surface area contributed by atoms with Gasteiger partial charge < -0.3 is 14.6 Å². The molecule has 1 N–H and O–H groups in total. The van der Waals surface area contributed by atoms with Gasteiger partial charge >= 0.3 is 0 Å². The predicted octanol–water partition coefficient (Wildman–Crippen LogP) is 4.99. The predicted molar refractivity (Wildman–Crippen MR) is 136 cm³/mol. The van der Waals surface area contributed by atoms with Crippen LogP contribution in [0.2, 0.25) is 0 Å². The molecule has 6 nitrogen and oxygen atoms in total. The highest BCUT2D eigenvalue weighted by atomic mass is 32.2. The smallest absolute Gasteiger partial charge is 0.233 e. The number of hydrogen-bond acceptors (Lipinski definition) is 5. The summed E-state index contributed by atoms with van der Waals surface area (Å²) in [5.74, 6) is 1.54. The molecule has 0 fully saturated rings. The molecule has 7 heteroatoms. The van der Waals surface area contributed by atoms with Crippen molar-refractivity contribution in [1.29, 1.82) is 0 Å². The number of hydrogen-bond donors (Lipinski definition) is 1. The molecule has 1 unspecified atom stereocenters. The minimum Gasteiger partial charge on any atom is -0.497 e. The third-order valence-electron chi connectivity index (χ3n) is 5.49. The van der Waals surface area contributed by atoms with Crippen molar-refractivity contribution in [2.75, 3.05) is 7.11 Å². The molecule has 1 heterocycles. The Bertz CT molecular complexity index is 1190. The molecule has 1 amide bonds. The Kier molecular flexibility index (Phi) is 7.99. The maximum atomic E-state index is 12.8. The number of nitrogens with zero attached hydrogens (tertiary/aromatic N) is 3. The third-order valence-corrected chi connectivity index (χ3v) is 6.57. The quantitative estimate of drug-likeness (QED) is 0.329. The summed E-state index contributed by atoms with van der Waals surface area (Å²) in [5, 5.41) is 12.4. The molecule has 1 aromatic heterocycles. The number of ether oxygens (including phenoxy) is 1. The summed E-state index contributed by atoms with van der Waals surface area (Å²) >= 11 is 1.42. The number of nitrogens with one attached hydrogen (secondary N) is 1. The van der Waals surface area contributed by atoms with Crippen LogP contribution in [0.1, 0.15) is 18.1 Å². The molecule has 0 aliphatic carbocycles. The molecule has 34 heavy (non-hydrogen) atoms. The van der Waals surface area contributed by atoms with Gasteiger partial charge in [-0.1, -0.05) is 72.4 Å². The van der Waals surface area contributed by atoms with Crippen molar-refractivity contribution in [2.24, 2.45) is 0 Å². The first-order chi connectivity index (χ1) is 16.6. The van der Waals surface area contributed by atoms with Gasteiger partial charge in [0.05, 0.1) is 12.4 Å². The molecule has 1 atom stereocenters. The number of thioether (sulfide) groups is 1. The largest absolute Gasteiger partial charge is 0.497 e. The van der Waals surface area contributed by atoms with Crippen molar-refractivity contribution in [1.82, 2.24) is 20.1 Å². The van der Waals surface area contributed by atoms with Crippen molar-refractivity contribution in [3.8, 4) is 17.1 Å². The van der Waals surface area contributed by atoms with E-state index in [0.717, 1.165) is 34.3 Å². The number of carbonyl (C=O) groups is 1. The van der Waals surface area contributed by atoms with Crippen LogP contribution in [-0.2, 0) is 24.3 Å². The van der Waals surface area contributed by atoms with Gasteiger partial charge in [-0.15, -0.1) is 10.2 Å². The highest BCUT2D eigenvalue weighted by Gasteiger charge is 2.21. The van der Waals surface area contributed by atoms with Crippen LogP contribution in [0.3, 0.4) is 0 Å². The van der Waals surface area contributed by atoms with Gasteiger partial charge in [0.2, 0.25) is 5.91 Å². The lowest BCUT2D eigenvalue weighted by molar-refractivity contribution is -0.120. The van der Waals surface area contributed by atoms with E-state index in [0.29, 0.717) is 13.1 Å². The SMILES string of the molecule is COc1ccc(-c2nnc(SC(C)C(=O)NCc3ccccc3)n2CCc2ccccc2)cc1. The molecule has 4 aromatic rings. The molecule has 0 radical (unpaired) electrons. The Morgan fingerprint density at radius 1 is 0.941 bits per heavy atom. The average Bonchev–Trinajstić information content (AvgIpc) is 3.29. The van der Waals surface area contributed by atoms with Gasteiger partial charge in [0.15, 0.2) is 11.0 Å².